The zero-order chi connectivity index (χ0) is 9.10. The number of rotatable bonds is 3. The van der Waals surface area contributed by atoms with Crippen LogP contribution in [0.2, 0.25) is 0 Å². The second kappa shape index (κ2) is 3.83. The van der Waals surface area contributed by atoms with Crippen molar-refractivity contribution in [1.82, 2.24) is 9.97 Å². The Morgan fingerprint density at radius 3 is 2.92 bits per heavy atom. The highest BCUT2D eigenvalue weighted by atomic mass is 14.9. The zero-order valence-corrected chi connectivity index (χ0v) is 7.74. The van der Waals surface area contributed by atoms with Gasteiger partial charge in [0.2, 0.25) is 0 Å². The van der Waals surface area contributed by atoms with E-state index in [0.717, 1.165) is 12.2 Å². The third kappa shape index (κ3) is 1.86. The molecule has 1 aliphatic carbocycles. The van der Waals surface area contributed by atoms with Gasteiger partial charge < -0.3 is 5.73 Å². The zero-order valence-electron chi connectivity index (χ0n) is 7.74. The summed E-state index contributed by atoms with van der Waals surface area (Å²) >= 11 is 0. The summed E-state index contributed by atoms with van der Waals surface area (Å²) in [5.74, 6) is 1.59. The third-order valence-corrected chi connectivity index (χ3v) is 2.62. The van der Waals surface area contributed by atoms with Gasteiger partial charge in [0, 0.05) is 24.2 Å². The molecule has 1 fully saturated rings. The highest BCUT2D eigenvalue weighted by Gasteiger charge is 2.20. The average Bonchev–Trinajstić information content (AvgIpc) is 2.02. The maximum atomic E-state index is 5.45. The van der Waals surface area contributed by atoms with Gasteiger partial charge in [0.15, 0.2) is 0 Å². The molecule has 70 valence electrons. The predicted octanol–water partition coefficient (Wildman–Crippen LogP) is 1.25. The predicted molar refractivity (Wildman–Crippen MR) is 51.4 cm³/mol. The Hall–Kier alpha value is -0.960. The molecular formula is C10H15N3. The summed E-state index contributed by atoms with van der Waals surface area (Å²) < 4.78 is 0. The third-order valence-electron chi connectivity index (χ3n) is 2.62. The Bertz CT molecular complexity index is 281. The molecule has 0 radical (unpaired) electrons. The van der Waals surface area contributed by atoms with Crippen LogP contribution in [0.1, 0.15) is 36.7 Å². The van der Waals surface area contributed by atoms with Crippen molar-refractivity contribution < 1.29 is 0 Å². The molecule has 2 rings (SSSR count). The molecule has 0 spiro atoms. The first-order chi connectivity index (χ1) is 6.40. The highest BCUT2D eigenvalue weighted by molar-refractivity contribution is 5.11. The molecule has 1 aliphatic rings. The van der Waals surface area contributed by atoms with Gasteiger partial charge >= 0.3 is 0 Å². The Kier molecular flexibility index (Phi) is 2.54. The Morgan fingerprint density at radius 1 is 1.46 bits per heavy atom. The van der Waals surface area contributed by atoms with Crippen molar-refractivity contribution in [3.8, 4) is 0 Å². The van der Waals surface area contributed by atoms with E-state index in [1.807, 2.05) is 12.3 Å². The molecule has 3 heteroatoms. The monoisotopic (exact) mass is 177 g/mol. The van der Waals surface area contributed by atoms with Gasteiger partial charge in [0.05, 0.1) is 0 Å². The lowest BCUT2D eigenvalue weighted by molar-refractivity contribution is 0.409. The average molecular weight is 177 g/mol. The second-order valence-corrected chi connectivity index (χ2v) is 3.56. The van der Waals surface area contributed by atoms with E-state index in [0.29, 0.717) is 12.5 Å². The SMILES string of the molecule is NCCc1nccc(C2CCC2)n1. The van der Waals surface area contributed by atoms with Crippen LogP contribution in [0.25, 0.3) is 0 Å². The molecule has 0 unspecified atom stereocenters. The van der Waals surface area contributed by atoms with Crippen molar-refractivity contribution in [1.29, 1.82) is 0 Å². The van der Waals surface area contributed by atoms with E-state index < -0.39 is 0 Å². The van der Waals surface area contributed by atoms with E-state index >= 15 is 0 Å². The molecule has 1 aromatic heterocycles. The van der Waals surface area contributed by atoms with Gasteiger partial charge in [0.25, 0.3) is 0 Å². The van der Waals surface area contributed by atoms with E-state index in [-0.39, 0.29) is 0 Å². The fourth-order valence-electron chi connectivity index (χ4n) is 1.60. The summed E-state index contributed by atoms with van der Waals surface area (Å²) in [4.78, 5) is 8.67. The number of hydrogen-bond donors (Lipinski definition) is 1. The summed E-state index contributed by atoms with van der Waals surface area (Å²) in [5.41, 5.74) is 6.67. The van der Waals surface area contributed by atoms with Gasteiger partial charge in [-0.25, -0.2) is 9.97 Å². The lowest BCUT2D eigenvalue weighted by Gasteiger charge is -2.24. The first-order valence-electron chi connectivity index (χ1n) is 4.92. The molecule has 0 atom stereocenters. The van der Waals surface area contributed by atoms with Crippen LogP contribution in [0.3, 0.4) is 0 Å². The standard InChI is InChI=1S/C10H15N3/c11-6-4-10-12-7-5-9(13-10)8-2-1-3-8/h5,7-8H,1-4,6,11H2. The van der Waals surface area contributed by atoms with Crippen LogP contribution < -0.4 is 5.73 Å². The van der Waals surface area contributed by atoms with E-state index in [4.69, 9.17) is 5.73 Å². The van der Waals surface area contributed by atoms with Gasteiger partial charge in [-0.3, -0.25) is 0 Å². The minimum absolute atomic E-state index is 0.633. The molecule has 1 heterocycles. The number of nitrogens with two attached hydrogens (primary N) is 1. The summed E-state index contributed by atoms with van der Waals surface area (Å²) in [5, 5.41) is 0. The smallest absolute Gasteiger partial charge is 0.129 e. The highest BCUT2D eigenvalue weighted by Crippen LogP contribution is 2.34. The Balaban J connectivity index is 2.11. The number of hydrogen-bond acceptors (Lipinski definition) is 3. The van der Waals surface area contributed by atoms with Crippen LogP contribution in [0.5, 0.6) is 0 Å². The lowest BCUT2D eigenvalue weighted by atomic mass is 9.83. The minimum atomic E-state index is 0.633. The summed E-state index contributed by atoms with van der Waals surface area (Å²) in [6, 6.07) is 2.03. The van der Waals surface area contributed by atoms with Crippen LogP contribution in [-0.2, 0) is 6.42 Å². The van der Waals surface area contributed by atoms with Crippen molar-refractivity contribution in [2.45, 2.75) is 31.6 Å². The topological polar surface area (TPSA) is 51.8 Å². The Morgan fingerprint density at radius 2 is 2.31 bits per heavy atom. The van der Waals surface area contributed by atoms with E-state index in [2.05, 4.69) is 9.97 Å². The van der Waals surface area contributed by atoms with Crippen molar-refractivity contribution in [3.05, 3.63) is 23.8 Å². The normalized spacial score (nSPS) is 17.0. The first kappa shape index (κ1) is 8.63. The molecule has 3 nitrogen and oxygen atoms in total. The molecule has 1 saturated carbocycles. The fourth-order valence-corrected chi connectivity index (χ4v) is 1.60. The summed E-state index contributed by atoms with van der Waals surface area (Å²) in [7, 11) is 0. The van der Waals surface area contributed by atoms with Gasteiger partial charge in [0.1, 0.15) is 5.82 Å². The van der Waals surface area contributed by atoms with Crippen LogP contribution >= 0.6 is 0 Å². The molecular weight excluding hydrogens is 162 g/mol. The quantitative estimate of drug-likeness (QED) is 0.755. The van der Waals surface area contributed by atoms with Crippen molar-refractivity contribution in [2.24, 2.45) is 5.73 Å². The van der Waals surface area contributed by atoms with E-state index in [1.165, 1.54) is 25.0 Å². The molecule has 0 aliphatic heterocycles. The van der Waals surface area contributed by atoms with Gasteiger partial charge in [-0.05, 0) is 25.5 Å². The molecule has 0 aromatic carbocycles. The molecule has 0 bridgehead atoms. The van der Waals surface area contributed by atoms with Crippen LogP contribution in [0.4, 0.5) is 0 Å². The van der Waals surface area contributed by atoms with Crippen molar-refractivity contribution in [3.63, 3.8) is 0 Å². The molecule has 1 aromatic rings. The number of nitrogens with zero attached hydrogens (tertiary/aromatic N) is 2. The van der Waals surface area contributed by atoms with E-state index in [9.17, 15) is 0 Å². The second-order valence-electron chi connectivity index (χ2n) is 3.56. The van der Waals surface area contributed by atoms with Crippen LogP contribution in [0.15, 0.2) is 12.3 Å². The Labute approximate surface area is 78.4 Å². The van der Waals surface area contributed by atoms with Gasteiger partial charge in [-0.2, -0.15) is 0 Å². The molecule has 0 saturated heterocycles. The number of aromatic nitrogens is 2. The molecule has 2 N–H and O–H groups in total. The summed E-state index contributed by atoms with van der Waals surface area (Å²) in [6.07, 6.45) is 6.57. The van der Waals surface area contributed by atoms with Crippen molar-refractivity contribution in [2.75, 3.05) is 6.54 Å². The van der Waals surface area contributed by atoms with Crippen molar-refractivity contribution >= 4 is 0 Å². The lowest BCUT2D eigenvalue weighted by Crippen LogP contribution is -2.13. The first-order valence-corrected chi connectivity index (χ1v) is 4.92. The fraction of sp³-hybridized carbons (Fsp3) is 0.600. The maximum absolute atomic E-state index is 5.45. The van der Waals surface area contributed by atoms with Gasteiger partial charge in [-0.1, -0.05) is 6.42 Å². The maximum Gasteiger partial charge on any atom is 0.129 e. The minimum Gasteiger partial charge on any atom is -0.330 e. The van der Waals surface area contributed by atoms with Crippen LogP contribution in [-0.4, -0.2) is 16.5 Å². The summed E-state index contributed by atoms with van der Waals surface area (Å²) in [6.45, 7) is 0.633. The molecule has 13 heavy (non-hydrogen) atoms. The molecule has 0 amide bonds. The largest absolute Gasteiger partial charge is 0.330 e. The van der Waals surface area contributed by atoms with Gasteiger partial charge in [-0.15, -0.1) is 0 Å². The van der Waals surface area contributed by atoms with E-state index in [1.54, 1.807) is 0 Å². The van der Waals surface area contributed by atoms with Crippen LogP contribution in [0, 0.1) is 0 Å².